The molecular formula is C11H15N3O. The predicted molar refractivity (Wildman–Crippen MR) is 59.5 cm³/mol. The van der Waals surface area contributed by atoms with E-state index in [2.05, 4.69) is 9.97 Å². The van der Waals surface area contributed by atoms with E-state index in [1.54, 1.807) is 0 Å². The second kappa shape index (κ2) is 4.42. The molecule has 0 bridgehead atoms. The average Bonchev–Trinajstić information content (AvgIpc) is 2.68. The summed E-state index contributed by atoms with van der Waals surface area (Å²) in [6, 6.07) is 7.89. The number of nitrogens with two attached hydrogens (primary N) is 1. The lowest BCUT2D eigenvalue weighted by atomic mass is 10.2. The van der Waals surface area contributed by atoms with Gasteiger partial charge >= 0.3 is 0 Å². The summed E-state index contributed by atoms with van der Waals surface area (Å²) >= 11 is 0. The molecule has 80 valence electrons. The van der Waals surface area contributed by atoms with Crippen LogP contribution in [0.3, 0.4) is 0 Å². The lowest BCUT2D eigenvalue weighted by Gasteiger charge is -2.04. The Balaban J connectivity index is 2.09. The second-order valence-electron chi connectivity index (χ2n) is 3.63. The summed E-state index contributed by atoms with van der Waals surface area (Å²) < 4.78 is 0. The zero-order valence-corrected chi connectivity index (χ0v) is 8.48. The predicted octanol–water partition coefficient (Wildman–Crippen LogP) is 0.815. The first kappa shape index (κ1) is 10.1. The number of rotatable bonds is 4. The van der Waals surface area contributed by atoms with Crippen LogP contribution in [0.1, 0.15) is 12.2 Å². The van der Waals surface area contributed by atoms with Gasteiger partial charge in [0.25, 0.3) is 0 Å². The number of aliphatic hydroxyl groups is 1. The quantitative estimate of drug-likeness (QED) is 0.691. The van der Waals surface area contributed by atoms with Crippen molar-refractivity contribution < 1.29 is 5.11 Å². The van der Waals surface area contributed by atoms with Crippen molar-refractivity contribution in [2.24, 2.45) is 5.73 Å². The molecule has 1 atom stereocenters. The largest absolute Gasteiger partial charge is 0.392 e. The first-order valence-corrected chi connectivity index (χ1v) is 5.11. The molecule has 1 aromatic carbocycles. The van der Waals surface area contributed by atoms with Crippen LogP contribution in [0.25, 0.3) is 11.0 Å². The molecule has 2 aromatic rings. The van der Waals surface area contributed by atoms with Crippen molar-refractivity contribution in [3.05, 3.63) is 30.1 Å². The SMILES string of the molecule is NC[C@H](O)CCc1nc2ccccc2[nH]1. The van der Waals surface area contributed by atoms with E-state index in [9.17, 15) is 5.11 Å². The van der Waals surface area contributed by atoms with Crippen LogP contribution in [-0.4, -0.2) is 27.7 Å². The van der Waals surface area contributed by atoms with Gasteiger partial charge in [-0.2, -0.15) is 0 Å². The molecule has 0 saturated heterocycles. The highest BCUT2D eigenvalue weighted by Crippen LogP contribution is 2.11. The van der Waals surface area contributed by atoms with Gasteiger partial charge in [-0.25, -0.2) is 4.98 Å². The molecule has 4 heteroatoms. The van der Waals surface area contributed by atoms with Gasteiger partial charge in [0.05, 0.1) is 17.1 Å². The van der Waals surface area contributed by atoms with Gasteiger partial charge in [0.1, 0.15) is 5.82 Å². The van der Waals surface area contributed by atoms with Gasteiger partial charge in [0, 0.05) is 13.0 Å². The molecule has 0 radical (unpaired) electrons. The van der Waals surface area contributed by atoms with Gasteiger partial charge in [0.2, 0.25) is 0 Å². The van der Waals surface area contributed by atoms with Gasteiger partial charge in [-0.3, -0.25) is 0 Å². The average molecular weight is 205 g/mol. The van der Waals surface area contributed by atoms with Gasteiger partial charge in [-0.1, -0.05) is 12.1 Å². The summed E-state index contributed by atoms with van der Waals surface area (Å²) in [5, 5.41) is 9.33. The molecule has 1 aromatic heterocycles. The second-order valence-corrected chi connectivity index (χ2v) is 3.63. The Morgan fingerprint density at radius 3 is 2.93 bits per heavy atom. The molecule has 4 N–H and O–H groups in total. The molecule has 1 heterocycles. The molecule has 0 saturated carbocycles. The minimum absolute atomic E-state index is 0.306. The topological polar surface area (TPSA) is 74.9 Å². The monoisotopic (exact) mass is 205 g/mol. The van der Waals surface area contributed by atoms with E-state index in [-0.39, 0.29) is 0 Å². The van der Waals surface area contributed by atoms with Crippen molar-refractivity contribution >= 4 is 11.0 Å². The van der Waals surface area contributed by atoms with Crippen molar-refractivity contribution in [2.75, 3.05) is 6.54 Å². The number of hydrogen-bond acceptors (Lipinski definition) is 3. The number of benzene rings is 1. The van der Waals surface area contributed by atoms with Crippen LogP contribution in [0, 0.1) is 0 Å². The van der Waals surface area contributed by atoms with E-state index < -0.39 is 6.10 Å². The smallest absolute Gasteiger partial charge is 0.107 e. The molecule has 0 unspecified atom stereocenters. The van der Waals surface area contributed by atoms with Gasteiger partial charge in [0.15, 0.2) is 0 Å². The highest BCUT2D eigenvalue weighted by molar-refractivity contribution is 5.74. The van der Waals surface area contributed by atoms with Crippen LogP contribution in [0.4, 0.5) is 0 Å². The van der Waals surface area contributed by atoms with Gasteiger partial charge in [-0.05, 0) is 18.6 Å². The Bertz CT molecular complexity index is 405. The van der Waals surface area contributed by atoms with Crippen molar-refractivity contribution in [2.45, 2.75) is 18.9 Å². The van der Waals surface area contributed by atoms with Crippen LogP contribution in [0.2, 0.25) is 0 Å². The fourth-order valence-electron chi connectivity index (χ4n) is 1.55. The van der Waals surface area contributed by atoms with E-state index in [4.69, 9.17) is 5.73 Å². The van der Waals surface area contributed by atoms with Crippen LogP contribution in [0.15, 0.2) is 24.3 Å². The Morgan fingerprint density at radius 2 is 2.20 bits per heavy atom. The number of nitrogens with one attached hydrogen (secondary N) is 1. The number of aliphatic hydroxyl groups excluding tert-OH is 1. The number of nitrogens with zero attached hydrogens (tertiary/aromatic N) is 1. The Morgan fingerprint density at radius 1 is 1.40 bits per heavy atom. The number of para-hydroxylation sites is 2. The summed E-state index contributed by atoms with van der Waals surface area (Å²) in [5.41, 5.74) is 7.33. The first-order chi connectivity index (χ1) is 7.29. The van der Waals surface area contributed by atoms with Crippen molar-refractivity contribution in [3.8, 4) is 0 Å². The zero-order valence-electron chi connectivity index (χ0n) is 8.48. The van der Waals surface area contributed by atoms with E-state index in [0.717, 1.165) is 23.3 Å². The van der Waals surface area contributed by atoms with E-state index in [1.165, 1.54) is 0 Å². The normalized spacial score (nSPS) is 13.2. The maximum Gasteiger partial charge on any atom is 0.107 e. The Hall–Kier alpha value is -1.39. The highest BCUT2D eigenvalue weighted by Gasteiger charge is 2.05. The number of aromatic nitrogens is 2. The summed E-state index contributed by atoms with van der Waals surface area (Å²) in [7, 11) is 0. The van der Waals surface area contributed by atoms with Crippen molar-refractivity contribution in [1.29, 1.82) is 0 Å². The third-order valence-electron chi connectivity index (χ3n) is 2.42. The van der Waals surface area contributed by atoms with Crippen molar-refractivity contribution in [1.82, 2.24) is 9.97 Å². The molecule has 4 nitrogen and oxygen atoms in total. The van der Waals surface area contributed by atoms with E-state index in [0.29, 0.717) is 13.0 Å². The van der Waals surface area contributed by atoms with Crippen LogP contribution in [-0.2, 0) is 6.42 Å². The van der Waals surface area contributed by atoms with E-state index >= 15 is 0 Å². The maximum absolute atomic E-state index is 9.33. The molecule has 2 rings (SSSR count). The molecule has 0 spiro atoms. The highest BCUT2D eigenvalue weighted by atomic mass is 16.3. The molecule has 15 heavy (non-hydrogen) atoms. The fraction of sp³-hybridized carbons (Fsp3) is 0.364. The maximum atomic E-state index is 9.33. The first-order valence-electron chi connectivity index (χ1n) is 5.11. The molecular weight excluding hydrogens is 190 g/mol. The number of hydrogen-bond donors (Lipinski definition) is 3. The third-order valence-corrected chi connectivity index (χ3v) is 2.42. The van der Waals surface area contributed by atoms with Crippen LogP contribution < -0.4 is 5.73 Å². The Labute approximate surface area is 88.1 Å². The molecule has 0 amide bonds. The van der Waals surface area contributed by atoms with Gasteiger partial charge in [-0.15, -0.1) is 0 Å². The summed E-state index contributed by atoms with van der Waals surface area (Å²) in [6.45, 7) is 0.306. The third kappa shape index (κ3) is 2.34. The molecule has 0 aliphatic rings. The lowest BCUT2D eigenvalue weighted by molar-refractivity contribution is 0.172. The molecule has 0 aliphatic heterocycles. The standard InChI is InChI=1S/C11H15N3O/c12-7-8(15)5-6-11-13-9-3-1-2-4-10(9)14-11/h1-4,8,15H,5-7,12H2,(H,13,14)/t8-/m1/s1. The minimum atomic E-state index is -0.432. The fourth-order valence-corrected chi connectivity index (χ4v) is 1.55. The van der Waals surface area contributed by atoms with Crippen molar-refractivity contribution in [3.63, 3.8) is 0 Å². The van der Waals surface area contributed by atoms with E-state index in [1.807, 2.05) is 24.3 Å². The molecule has 0 aliphatic carbocycles. The number of aryl methyl sites for hydroxylation is 1. The Kier molecular flexibility index (Phi) is 2.99. The summed E-state index contributed by atoms with van der Waals surface area (Å²) in [5.74, 6) is 0.906. The zero-order chi connectivity index (χ0) is 10.7. The van der Waals surface area contributed by atoms with Crippen LogP contribution in [0.5, 0.6) is 0 Å². The number of fused-ring (bicyclic) bond motifs is 1. The summed E-state index contributed by atoms with van der Waals surface area (Å²) in [4.78, 5) is 7.62. The number of H-pyrrole nitrogens is 1. The van der Waals surface area contributed by atoms with Gasteiger partial charge < -0.3 is 15.8 Å². The number of imidazole rings is 1. The number of aromatic amines is 1. The summed E-state index contributed by atoms with van der Waals surface area (Å²) in [6.07, 6.45) is 0.946. The minimum Gasteiger partial charge on any atom is -0.392 e. The van der Waals surface area contributed by atoms with Crippen LogP contribution >= 0.6 is 0 Å². The molecule has 0 fully saturated rings. The lowest BCUT2D eigenvalue weighted by Crippen LogP contribution is -2.20.